The fourth-order valence-corrected chi connectivity index (χ4v) is 1.62. The third-order valence-corrected chi connectivity index (χ3v) is 2.62. The molecule has 0 amide bonds. The van der Waals surface area contributed by atoms with Crippen LogP contribution in [0, 0.1) is 0 Å². The summed E-state index contributed by atoms with van der Waals surface area (Å²) in [5.74, 6) is 1.94. The lowest BCUT2D eigenvalue weighted by molar-refractivity contribution is 0.317. The van der Waals surface area contributed by atoms with Crippen molar-refractivity contribution in [2.75, 3.05) is 36.7 Å². The van der Waals surface area contributed by atoms with Crippen LogP contribution in [0.3, 0.4) is 0 Å². The molecule has 0 spiro atoms. The predicted molar refractivity (Wildman–Crippen MR) is 84.1 cm³/mol. The van der Waals surface area contributed by atoms with E-state index in [1.165, 1.54) is 0 Å². The Balaban J connectivity index is 2.10. The average Bonchev–Trinajstić information content (AvgIpc) is 2.46. The monoisotopic (exact) mass is 288 g/mol. The first kappa shape index (κ1) is 14.8. The molecule has 0 saturated carbocycles. The summed E-state index contributed by atoms with van der Waals surface area (Å²) in [4.78, 5) is 14.2. The summed E-state index contributed by atoms with van der Waals surface area (Å²) in [6.45, 7) is 2.78. The molecule has 0 fully saturated rings. The van der Waals surface area contributed by atoms with Gasteiger partial charge in [0.25, 0.3) is 0 Å². The van der Waals surface area contributed by atoms with Crippen molar-refractivity contribution in [2.45, 2.75) is 13.3 Å². The molecule has 0 aliphatic rings. The molecule has 7 nitrogen and oxygen atoms in total. The molecule has 0 unspecified atom stereocenters. The first-order valence-corrected chi connectivity index (χ1v) is 6.77. The summed E-state index contributed by atoms with van der Waals surface area (Å²) in [5, 5.41) is 3.10. The molecule has 2 rings (SSSR count). The highest BCUT2D eigenvalue weighted by Gasteiger charge is 2.06. The molecule has 1 aromatic heterocycles. The minimum absolute atomic E-state index is 0.180. The average molecular weight is 288 g/mol. The number of benzene rings is 1. The van der Waals surface area contributed by atoms with Crippen LogP contribution in [0.5, 0.6) is 5.75 Å². The number of hydrogen-bond donors (Lipinski definition) is 2. The van der Waals surface area contributed by atoms with Gasteiger partial charge in [-0.05, 0) is 30.7 Å². The predicted octanol–water partition coefficient (Wildman–Crippen LogP) is 2.05. The van der Waals surface area contributed by atoms with Crippen molar-refractivity contribution in [2.24, 2.45) is 0 Å². The Labute approximate surface area is 124 Å². The molecule has 2 aromatic rings. The smallest absolute Gasteiger partial charge is 0.233 e. The number of rotatable bonds is 6. The molecule has 0 bridgehead atoms. The maximum Gasteiger partial charge on any atom is 0.233 e. The van der Waals surface area contributed by atoms with E-state index in [4.69, 9.17) is 10.5 Å². The lowest BCUT2D eigenvalue weighted by Gasteiger charge is -2.12. The summed E-state index contributed by atoms with van der Waals surface area (Å²) in [5.41, 5.74) is 6.54. The lowest BCUT2D eigenvalue weighted by atomic mass is 10.3. The van der Waals surface area contributed by atoms with E-state index in [0.717, 1.165) is 17.9 Å². The van der Waals surface area contributed by atoms with Crippen molar-refractivity contribution in [3.63, 3.8) is 0 Å². The van der Waals surface area contributed by atoms with Crippen LogP contribution in [0.4, 0.5) is 23.5 Å². The summed E-state index contributed by atoms with van der Waals surface area (Å²) in [6, 6.07) is 7.60. The van der Waals surface area contributed by atoms with Crippen molar-refractivity contribution >= 4 is 23.5 Å². The van der Waals surface area contributed by atoms with Gasteiger partial charge in [-0.2, -0.15) is 15.0 Å². The number of anilines is 4. The van der Waals surface area contributed by atoms with Gasteiger partial charge in [0.2, 0.25) is 17.8 Å². The normalized spacial score (nSPS) is 10.2. The van der Waals surface area contributed by atoms with Crippen LogP contribution >= 0.6 is 0 Å². The first-order valence-electron chi connectivity index (χ1n) is 6.77. The minimum Gasteiger partial charge on any atom is -0.494 e. The topological polar surface area (TPSA) is 89.2 Å². The molecule has 0 radical (unpaired) electrons. The molecule has 3 N–H and O–H groups in total. The van der Waals surface area contributed by atoms with Crippen LogP contribution < -0.4 is 20.7 Å². The van der Waals surface area contributed by atoms with Gasteiger partial charge in [0.15, 0.2) is 0 Å². The summed E-state index contributed by atoms with van der Waals surface area (Å²) in [7, 11) is 3.69. The Bertz CT molecular complexity index is 585. The van der Waals surface area contributed by atoms with E-state index in [9.17, 15) is 0 Å². The second-order valence-corrected chi connectivity index (χ2v) is 4.71. The van der Waals surface area contributed by atoms with E-state index >= 15 is 0 Å². The Hall–Kier alpha value is -2.57. The number of nitrogens with one attached hydrogen (secondary N) is 1. The molecule has 7 heteroatoms. The van der Waals surface area contributed by atoms with Crippen molar-refractivity contribution < 1.29 is 4.74 Å². The standard InChI is InChI=1S/C14H20N6O/c1-4-9-21-11-7-5-10(6-8-11)16-13-17-12(15)18-14(19-13)20(2)3/h5-8H,4,9H2,1-3H3,(H3,15,16,17,18,19). The Morgan fingerprint density at radius 1 is 1.14 bits per heavy atom. The number of nitrogens with two attached hydrogens (primary N) is 1. The van der Waals surface area contributed by atoms with Gasteiger partial charge in [-0.15, -0.1) is 0 Å². The molecular formula is C14H20N6O. The summed E-state index contributed by atoms with van der Waals surface area (Å²) in [6.07, 6.45) is 0.984. The van der Waals surface area contributed by atoms with E-state index in [1.807, 2.05) is 38.4 Å². The fourth-order valence-electron chi connectivity index (χ4n) is 1.62. The Morgan fingerprint density at radius 3 is 2.48 bits per heavy atom. The molecule has 0 saturated heterocycles. The van der Waals surface area contributed by atoms with E-state index in [1.54, 1.807) is 4.90 Å². The van der Waals surface area contributed by atoms with Crippen LogP contribution in [-0.2, 0) is 0 Å². The third kappa shape index (κ3) is 4.20. The van der Waals surface area contributed by atoms with Crippen LogP contribution in [0.15, 0.2) is 24.3 Å². The van der Waals surface area contributed by atoms with E-state index in [-0.39, 0.29) is 5.95 Å². The van der Waals surface area contributed by atoms with Crippen molar-refractivity contribution in [1.29, 1.82) is 0 Å². The maximum atomic E-state index is 5.68. The summed E-state index contributed by atoms with van der Waals surface area (Å²) >= 11 is 0. The SMILES string of the molecule is CCCOc1ccc(Nc2nc(N)nc(N(C)C)n2)cc1. The van der Waals surface area contributed by atoms with Gasteiger partial charge in [-0.3, -0.25) is 0 Å². The largest absolute Gasteiger partial charge is 0.494 e. The highest BCUT2D eigenvalue weighted by molar-refractivity contribution is 5.56. The molecular weight excluding hydrogens is 268 g/mol. The second kappa shape index (κ2) is 6.74. The van der Waals surface area contributed by atoms with Gasteiger partial charge in [-0.25, -0.2) is 0 Å². The molecule has 112 valence electrons. The molecule has 0 aliphatic heterocycles. The van der Waals surface area contributed by atoms with Crippen molar-refractivity contribution in [3.8, 4) is 5.75 Å². The molecule has 1 heterocycles. The van der Waals surface area contributed by atoms with Gasteiger partial charge in [-0.1, -0.05) is 6.92 Å². The zero-order valence-corrected chi connectivity index (χ0v) is 12.5. The van der Waals surface area contributed by atoms with Gasteiger partial charge in [0, 0.05) is 19.8 Å². The number of ether oxygens (including phenoxy) is 1. The molecule has 0 aliphatic carbocycles. The maximum absolute atomic E-state index is 5.68. The third-order valence-electron chi connectivity index (χ3n) is 2.62. The zero-order valence-electron chi connectivity index (χ0n) is 12.5. The lowest BCUT2D eigenvalue weighted by Crippen LogP contribution is -2.15. The quantitative estimate of drug-likeness (QED) is 0.840. The molecule has 1 aromatic carbocycles. The van der Waals surface area contributed by atoms with Crippen LogP contribution in [-0.4, -0.2) is 35.7 Å². The first-order chi connectivity index (χ1) is 10.1. The minimum atomic E-state index is 0.180. The number of nitrogen functional groups attached to an aromatic ring is 1. The van der Waals surface area contributed by atoms with E-state index < -0.39 is 0 Å². The number of aromatic nitrogens is 3. The van der Waals surface area contributed by atoms with E-state index in [0.29, 0.717) is 18.5 Å². The van der Waals surface area contributed by atoms with Gasteiger partial charge in [0.05, 0.1) is 6.61 Å². The highest BCUT2D eigenvalue weighted by Crippen LogP contribution is 2.19. The zero-order chi connectivity index (χ0) is 15.2. The van der Waals surface area contributed by atoms with E-state index in [2.05, 4.69) is 27.2 Å². The summed E-state index contributed by atoms with van der Waals surface area (Å²) < 4.78 is 5.53. The number of nitrogens with zero attached hydrogens (tertiary/aromatic N) is 4. The van der Waals surface area contributed by atoms with Gasteiger partial charge >= 0.3 is 0 Å². The Kier molecular flexibility index (Phi) is 4.76. The number of hydrogen-bond acceptors (Lipinski definition) is 7. The van der Waals surface area contributed by atoms with Gasteiger partial charge < -0.3 is 20.7 Å². The van der Waals surface area contributed by atoms with Crippen LogP contribution in [0.25, 0.3) is 0 Å². The fraction of sp³-hybridized carbons (Fsp3) is 0.357. The second-order valence-electron chi connectivity index (χ2n) is 4.71. The van der Waals surface area contributed by atoms with Crippen LogP contribution in [0.2, 0.25) is 0 Å². The highest BCUT2D eigenvalue weighted by atomic mass is 16.5. The van der Waals surface area contributed by atoms with Gasteiger partial charge in [0.1, 0.15) is 5.75 Å². The van der Waals surface area contributed by atoms with Crippen molar-refractivity contribution in [3.05, 3.63) is 24.3 Å². The van der Waals surface area contributed by atoms with Crippen LogP contribution in [0.1, 0.15) is 13.3 Å². The van der Waals surface area contributed by atoms with Crippen molar-refractivity contribution in [1.82, 2.24) is 15.0 Å². The molecule has 21 heavy (non-hydrogen) atoms. The molecule has 0 atom stereocenters. The Morgan fingerprint density at radius 2 is 1.86 bits per heavy atom.